The van der Waals surface area contributed by atoms with Gasteiger partial charge in [-0.15, -0.1) is 0 Å². The second-order valence-electron chi connectivity index (χ2n) is 6.65. The first-order chi connectivity index (χ1) is 11.6. The molecule has 4 rings (SSSR count). The lowest BCUT2D eigenvalue weighted by molar-refractivity contribution is 0.117. The van der Waals surface area contributed by atoms with E-state index in [1.165, 1.54) is 12.1 Å². The van der Waals surface area contributed by atoms with E-state index in [9.17, 15) is 8.78 Å². The Labute approximate surface area is 148 Å². The van der Waals surface area contributed by atoms with E-state index in [0.29, 0.717) is 24.2 Å². The van der Waals surface area contributed by atoms with Gasteiger partial charge < -0.3 is 0 Å². The van der Waals surface area contributed by atoms with Crippen LogP contribution in [0.1, 0.15) is 17.7 Å². The number of aromatic nitrogens is 1. The molecule has 2 atom stereocenters. The van der Waals surface area contributed by atoms with Gasteiger partial charge >= 0.3 is 0 Å². The SMILES string of the molecule is Fc1cc(F)cc(CN2CC3CC2CN3Cc2ccc(Br)cn2)c1. The molecule has 6 heteroatoms. The molecule has 126 valence electrons. The first-order valence-corrected chi connectivity index (χ1v) is 8.89. The van der Waals surface area contributed by atoms with Crippen LogP contribution in [0.25, 0.3) is 0 Å². The fraction of sp³-hybridized carbons (Fsp3) is 0.389. The van der Waals surface area contributed by atoms with Crippen molar-refractivity contribution in [2.24, 2.45) is 0 Å². The van der Waals surface area contributed by atoms with Gasteiger partial charge in [0, 0.05) is 55.0 Å². The van der Waals surface area contributed by atoms with Crippen molar-refractivity contribution >= 4 is 15.9 Å². The van der Waals surface area contributed by atoms with Crippen LogP contribution in [0.3, 0.4) is 0 Å². The van der Waals surface area contributed by atoms with Crippen LogP contribution in [-0.4, -0.2) is 40.0 Å². The van der Waals surface area contributed by atoms with Gasteiger partial charge in [0.2, 0.25) is 0 Å². The highest BCUT2D eigenvalue weighted by atomic mass is 79.9. The number of pyridine rings is 1. The average Bonchev–Trinajstić information content (AvgIpc) is 3.08. The number of hydrogen-bond donors (Lipinski definition) is 0. The molecule has 2 aromatic rings. The zero-order valence-corrected chi connectivity index (χ0v) is 14.7. The molecule has 3 heterocycles. The van der Waals surface area contributed by atoms with Gasteiger partial charge in [0.1, 0.15) is 11.6 Å². The molecular weight excluding hydrogens is 376 g/mol. The molecule has 2 fully saturated rings. The van der Waals surface area contributed by atoms with E-state index in [1.807, 2.05) is 18.3 Å². The lowest BCUT2D eigenvalue weighted by atomic mass is 10.1. The van der Waals surface area contributed by atoms with Crippen LogP contribution in [-0.2, 0) is 13.1 Å². The number of fused-ring (bicyclic) bond motifs is 2. The average molecular weight is 394 g/mol. The summed E-state index contributed by atoms with van der Waals surface area (Å²) in [6.07, 6.45) is 2.95. The molecule has 0 spiro atoms. The fourth-order valence-electron chi connectivity index (χ4n) is 3.86. The Bertz CT molecular complexity index is 717. The summed E-state index contributed by atoms with van der Waals surface area (Å²) >= 11 is 3.40. The summed E-state index contributed by atoms with van der Waals surface area (Å²) in [4.78, 5) is 9.25. The van der Waals surface area contributed by atoms with Gasteiger partial charge in [-0.2, -0.15) is 0 Å². The van der Waals surface area contributed by atoms with Crippen molar-refractivity contribution in [3.05, 3.63) is 63.9 Å². The molecule has 0 amide bonds. The predicted molar refractivity (Wildman–Crippen MR) is 91.3 cm³/mol. The highest BCUT2D eigenvalue weighted by Crippen LogP contribution is 2.32. The molecule has 2 aliphatic heterocycles. The molecule has 1 aromatic carbocycles. The third-order valence-corrected chi connectivity index (χ3v) is 5.40. The van der Waals surface area contributed by atoms with Gasteiger partial charge in [0.15, 0.2) is 0 Å². The third kappa shape index (κ3) is 3.36. The standard InChI is InChI=1S/C18H18BrF2N3/c19-13-1-2-16(22-7-13)9-24-11-17-6-18(24)10-23(17)8-12-3-14(20)5-15(21)4-12/h1-5,7,17-18H,6,8-11H2. The second kappa shape index (κ2) is 6.50. The van der Waals surface area contributed by atoms with Crippen molar-refractivity contribution < 1.29 is 8.78 Å². The number of nitrogens with zero attached hydrogens (tertiary/aromatic N) is 3. The molecule has 2 saturated heterocycles. The molecule has 0 aliphatic carbocycles. The Hall–Kier alpha value is -1.37. The number of rotatable bonds is 4. The van der Waals surface area contributed by atoms with Crippen LogP contribution < -0.4 is 0 Å². The first kappa shape index (κ1) is 16.1. The molecule has 2 unspecified atom stereocenters. The van der Waals surface area contributed by atoms with Gasteiger partial charge in [-0.05, 0) is 52.2 Å². The molecular formula is C18H18BrF2N3. The van der Waals surface area contributed by atoms with Gasteiger partial charge in [0.05, 0.1) is 5.69 Å². The Morgan fingerprint density at radius 1 is 1.00 bits per heavy atom. The number of piperazine rings is 1. The highest BCUT2D eigenvalue weighted by molar-refractivity contribution is 9.10. The maximum absolute atomic E-state index is 13.3. The van der Waals surface area contributed by atoms with Gasteiger partial charge in [-0.1, -0.05) is 0 Å². The van der Waals surface area contributed by atoms with Crippen molar-refractivity contribution in [2.75, 3.05) is 13.1 Å². The van der Waals surface area contributed by atoms with Crippen LogP contribution in [0, 0.1) is 11.6 Å². The molecule has 2 bridgehead atoms. The van der Waals surface area contributed by atoms with Crippen LogP contribution in [0.15, 0.2) is 41.0 Å². The van der Waals surface area contributed by atoms with Crippen LogP contribution in [0.5, 0.6) is 0 Å². The third-order valence-electron chi connectivity index (χ3n) is 4.93. The van der Waals surface area contributed by atoms with E-state index in [0.717, 1.165) is 42.3 Å². The van der Waals surface area contributed by atoms with E-state index >= 15 is 0 Å². The summed E-state index contributed by atoms with van der Waals surface area (Å²) in [5, 5.41) is 0. The predicted octanol–water partition coefficient (Wildman–Crippen LogP) is 3.58. The van der Waals surface area contributed by atoms with Crippen molar-refractivity contribution in [1.82, 2.24) is 14.8 Å². The Kier molecular flexibility index (Phi) is 4.37. The van der Waals surface area contributed by atoms with Crippen molar-refractivity contribution in [3.8, 4) is 0 Å². The van der Waals surface area contributed by atoms with Crippen molar-refractivity contribution in [1.29, 1.82) is 0 Å². The van der Waals surface area contributed by atoms with Gasteiger partial charge in [-0.3, -0.25) is 14.8 Å². The maximum atomic E-state index is 13.3. The van der Waals surface area contributed by atoms with Crippen LogP contribution in [0.2, 0.25) is 0 Å². The minimum absolute atomic E-state index is 0.455. The Morgan fingerprint density at radius 3 is 2.25 bits per heavy atom. The molecule has 1 aromatic heterocycles. The number of benzene rings is 1. The second-order valence-corrected chi connectivity index (χ2v) is 7.56. The highest BCUT2D eigenvalue weighted by Gasteiger charge is 2.42. The van der Waals surface area contributed by atoms with Gasteiger partial charge in [0.25, 0.3) is 0 Å². The minimum Gasteiger partial charge on any atom is -0.293 e. The van der Waals surface area contributed by atoms with E-state index in [2.05, 4.69) is 30.7 Å². The zero-order valence-electron chi connectivity index (χ0n) is 13.1. The van der Waals surface area contributed by atoms with E-state index in [1.54, 1.807) is 0 Å². The molecule has 0 N–H and O–H groups in total. The summed E-state index contributed by atoms with van der Waals surface area (Å²) in [6.45, 7) is 3.40. The lowest BCUT2D eigenvalue weighted by Gasteiger charge is -2.34. The van der Waals surface area contributed by atoms with Crippen LogP contribution in [0.4, 0.5) is 8.78 Å². The molecule has 0 saturated carbocycles. The summed E-state index contributed by atoms with van der Waals surface area (Å²) in [7, 11) is 0. The first-order valence-electron chi connectivity index (χ1n) is 8.10. The zero-order chi connectivity index (χ0) is 16.7. The topological polar surface area (TPSA) is 19.4 Å². The largest absolute Gasteiger partial charge is 0.293 e. The maximum Gasteiger partial charge on any atom is 0.126 e. The summed E-state index contributed by atoms with van der Waals surface area (Å²) in [5.41, 5.74) is 1.78. The van der Waals surface area contributed by atoms with E-state index in [4.69, 9.17) is 0 Å². The number of halogens is 3. The number of likely N-dealkylation sites (tertiary alicyclic amines) is 2. The Morgan fingerprint density at radius 2 is 1.67 bits per heavy atom. The van der Waals surface area contributed by atoms with Crippen molar-refractivity contribution in [3.63, 3.8) is 0 Å². The molecule has 2 aliphatic rings. The lowest BCUT2D eigenvalue weighted by Crippen LogP contribution is -2.45. The van der Waals surface area contributed by atoms with E-state index in [-0.39, 0.29) is 0 Å². The van der Waals surface area contributed by atoms with Crippen LogP contribution >= 0.6 is 15.9 Å². The number of hydrogen-bond acceptors (Lipinski definition) is 3. The quantitative estimate of drug-likeness (QED) is 0.791. The molecule has 0 radical (unpaired) electrons. The monoisotopic (exact) mass is 393 g/mol. The van der Waals surface area contributed by atoms with E-state index < -0.39 is 11.6 Å². The molecule has 3 nitrogen and oxygen atoms in total. The molecule has 24 heavy (non-hydrogen) atoms. The summed E-state index contributed by atoms with van der Waals surface area (Å²) in [5.74, 6) is -1.01. The Balaban J connectivity index is 1.38. The van der Waals surface area contributed by atoms with Crippen molar-refractivity contribution in [2.45, 2.75) is 31.6 Å². The smallest absolute Gasteiger partial charge is 0.126 e. The normalized spacial score (nSPS) is 24.0. The summed E-state index contributed by atoms with van der Waals surface area (Å²) < 4.78 is 27.7. The summed E-state index contributed by atoms with van der Waals surface area (Å²) in [6, 6.07) is 8.80. The fourth-order valence-corrected chi connectivity index (χ4v) is 4.10. The van der Waals surface area contributed by atoms with Gasteiger partial charge in [-0.25, -0.2) is 8.78 Å². The minimum atomic E-state index is -0.503.